The van der Waals surface area contributed by atoms with Crippen molar-refractivity contribution in [2.24, 2.45) is 11.0 Å². The van der Waals surface area contributed by atoms with Crippen molar-refractivity contribution in [1.82, 2.24) is 19.8 Å². The summed E-state index contributed by atoms with van der Waals surface area (Å²) < 4.78 is 0. The van der Waals surface area contributed by atoms with Crippen LogP contribution in [0.2, 0.25) is 0 Å². The van der Waals surface area contributed by atoms with E-state index in [4.69, 9.17) is 0 Å². The van der Waals surface area contributed by atoms with E-state index in [-0.39, 0.29) is 17.7 Å². The van der Waals surface area contributed by atoms with E-state index in [1.165, 1.54) is 5.01 Å². The lowest BCUT2D eigenvalue weighted by atomic mass is 9.92. The topological polar surface area (TPSA) is 89.4 Å². The second-order valence-electron chi connectivity index (χ2n) is 8.82. The van der Waals surface area contributed by atoms with Crippen LogP contribution in [0.25, 0.3) is 0 Å². The molecular formula is C23H32N6O3. The zero-order valence-electron chi connectivity index (χ0n) is 18.8. The van der Waals surface area contributed by atoms with Crippen LogP contribution >= 0.6 is 0 Å². The number of likely N-dealkylation sites (tertiary alicyclic amines) is 1. The molecule has 3 aliphatic rings. The number of piperazine rings is 1. The maximum atomic E-state index is 12.9. The van der Waals surface area contributed by atoms with Crippen molar-refractivity contribution in [2.45, 2.75) is 38.5 Å². The number of carbonyl (C=O) groups is 3. The smallest absolute Gasteiger partial charge is 0.270 e. The van der Waals surface area contributed by atoms with Gasteiger partial charge in [-0.1, -0.05) is 6.07 Å². The maximum absolute atomic E-state index is 12.9. The van der Waals surface area contributed by atoms with Gasteiger partial charge in [-0.2, -0.15) is 5.10 Å². The molecule has 3 aliphatic heterocycles. The highest BCUT2D eigenvalue weighted by Gasteiger charge is 2.30. The standard InChI is InChI=1S/C23H32N6O3/c1-26-21(30)10-8-19(25-26)23(32)29-12-4-5-18(17-29)7-9-22(31)28-15-13-27(14-16-28)20-6-2-3-11-24-20/h2-3,6,11,18H,4-5,7-10,12-17H2,1H3/t18-/m1/s1. The van der Waals surface area contributed by atoms with Gasteiger partial charge in [0.25, 0.3) is 5.91 Å². The van der Waals surface area contributed by atoms with Crippen molar-refractivity contribution < 1.29 is 14.4 Å². The van der Waals surface area contributed by atoms with Crippen LogP contribution in [0.4, 0.5) is 5.82 Å². The number of piperidine rings is 1. The highest BCUT2D eigenvalue weighted by Crippen LogP contribution is 2.23. The molecule has 1 aromatic rings. The van der Waals surface area contributed by atoms with E-state index >= 15 is 0 Å². The second-order valence-corrected chi connectivity index (χ2v) is 8.82. The van der Waals surface area contributed by atoms with Gasteiger partial charge in [0.15, 0.2) is 0 Å². The van der Waals surface area contributed by atoms with E-state index in [0.717, 1.165) is 57.8 Å². The van der Waals surface area contributed by atoms with Crippen molar-refractivity contribution >= 4 is 29.3 Å². The Balaban J connectivity index is 1.23. The molecule has 1 atom stereocenters. The number of rotatable bonds is 5. The first-order valence-electron chi connectivity index (χ1n) is 11.6. The summed E-state index contributed by atoms with van der Waals surface area (Å²) in [6.07, 6.45) is 5.84. The number of anilines is 1. The van der Waals surface area contributed by atoms with Crippen molar-refractivity contribution in [3.8, 4) is 0 Å². The Morgan fingerprint density at radius 3 is 2.59 bits per heavy atom. The van der Waals surface area contributed by atoms with Crippen LogP contribution in [0.1, 0.15) is 38.5 Å². The molecule has 4 heterocycles. The van der Waals surface area contributed by atoms with Crippen molar-refractivity contribution in [1.29, 1.82) is 0 Å². The Labute approximate surface area is 189 Å². The molecule has 2 fully saturated rings. The van der Waals surface area contributed by atoms with E-state index in [9.17, 15) is 14.4 Å². The fourth-order valence-corrected chi connectivity index (χ4v) is 4.70. The average Bonchev–Trinajstić information content (AvgIpc) is 2.84. The van der Waals surface area contributed by atoms with Gasteiger partial charge in [-0.15, -0.1) is 0 Å². The van der Waals surface area contributed by atoms with Gasteiger partial charge >= 0.3 is 0 Å². The van der Waals surface area contributed by atoms with Crippen LogP contribution < -0.4 is 4.90 Å². The Morgan fingerprint density at radius 2 is 1.88 bits per heavy atom. The highest BCUT2D eigenvalue weighted by atomic mass is 16.2. The summed E-state index contributed by atoms with van der Waals surface area (Å²) in [5, 5.41) is 5.44. The number of hydrogen-bond acceptors (Lipinski definition) is 6. The Bertz CT molecular complexity index is 866. The molecule has 0 unspecified atom stereocenters. The quantitative estimate of drug-likeness (QED) is 0.690. The molecule has 32 heavy (non-hydrogen) atoms. The fraction of sp³-hybridized carbons (Fsp3) is 0.609. The fourth-order valence-electron chi connectivity index (χ4n) is 4.70. The SMILES string of the molecule is CN1N=C(C(=O)N2CCC[C@H](CCC(=O)N3CCN(c4ccccn4)CC3)C2)CCC1=O. The van der Waals surface area contributed by atoms with Gasteiger partial charge in [-0.25, -0.2) is 9.99 Å². The zero-order chi connectivity index (χ0) is 22.5. The lowest BCUT2D eigenvalue weighted by Gasteiger charge is -2.36. The van der Waals surface area contributed by atoms with Crippen LogP contribution in [-0.2, 0) is 14.4 Å². The molecule has 0 saturated carbocycles. The predicted molar refractivity (Wildman–Crippen MR) is 121 cm³/mol. The molecule has 0 radical (unpaired) electrons. The molecule has 172 valence electrons. The summed E-state index contributed by atoms with van der Waals surface area (Å²) >= 11 is 0. The van der Waals surface area contributed by atoms with E-state index in [0.29, 0.717) is 37.4 Å². The number of nitrogens with zero attached hydrogens (tertiary/aromatic N) is 6. The van der Waals surface area contributed by atoms with Crippen LogP contribution in [0.3, 0.4) is 0 Å². The minimum atomic E-state index is -0.0639. The highest BCUT2D eigenvalue weighted by molar-refractivity contribution is 6.39. The minimum Gasteiger partial charge on any atom is -0.353 e. The van der Waals surface area contributed by atoms with Gasteiger partial charge in [0.2, 0.25) is 11.8 Å². The molecule has 4 rings (SSSR count). The Hall–Kier alpha value is -2.97. The normalized spacial score (nSPS) is 22.1. The summed E-state index contributed by atoms with van der Waals surface area (Å²) in [5.74, 6) is 1.37. The zero-order valence-corrected chi connectivity index (χ0v) is 18.8. The number of amides is 3. The number of hydrogen-bond donors (Lipinski definition) is 0. The predicted octanol–water partition coefficient (Wildman–Crippen LogP) is 1.36. The first kappa shape index (κ1) is 22.2. The van der Waals surface area contributed by atoms with Crippen LogP contribution in [-0.4, -0.2) is 89.5 Å². The van der Waals surface area contributed by atoms with Crippen LogP contribution in [0, 0.1) is 5.92 Å². The molecule has 1 aromatic heterocycles. The van der Waals surface area contributed by atoms with Gasteiger partial charge in [0.1, 0.15) is 11.5 Å². The monoisotopic (exact) mass is 440 g/mol. The third-order valence-corrected chi connectivity index (χ3v) is 6.63. The lowest BCUT2D eigenvalue weighted by molar-refractivity contribution is -0.132. The molecular weight excluding hydrogens is 408 g/mol. The van der Waals surface area contributed by atoms with Crippen molar-refractivity contribution in [3.05, 3.63) is 24.4 Å². The summed E-state index contributed by atoms with van der Waals surface area (Å²) in [7, 11) is 1.59. The summed E-state index contributed by atoms with van der Waals surface area (Å²) in [6, 6.07) is 5.89. The minimum absolute atomic E-state index is 0.0579. The number of aromatic nitrogens is 1. The largest absolute Gasteiger partial charge is 0.353 e. The van der Waals surface area contributed by atoms with Gasteiger partial charge in [0, 0.05) is 71.8 Å². The van der Waals surface area contributed by atoms with Crippen molar-refractivity contribution in [3.63, 3.8) is 0 Å². The molecule has 0 N–H and O–H groups in total. The van der Waals surface area contributed by atoms with E-state index < -0.39 is 0 Å². The first-order chi connectivity index (χ1) is 15.5. The van der Waals surface area contributed by atoms with Crippen molar-refractivity contribution in [2.75, 3.05) is 51.2 Å². The number of hydrazone groups is 1. The summed E-state index contributed by atoms with van der Waals surface area (Å²) in [6.45, 7) is 4.42. The first-order valence-corrected chi connectivity index (χ1v) is 11.6. The lowest BCUT2D eigenvalue weighted by Crippen LogP contribution is -2.49. The molecule has 2 saturated heterocycles. The third kappa shape index (κ3) is 5.26. The van der Waals surface area contributed by atoms with Gasteiger partial charge in [0.05, 0.1) is 0 Å². The average molecular weight is 441 g/mol. The molecule has 0 spiro atoms. The van der Waals surface area contributed by atoms with Gasteiger partial charge in [-0.05, 0) is 37.3 Å². The maximum Gasteiger partial charge on any atom is 0.270 e. The Kier molecular flexibility index (Phi) is 7.02. The van der Waals surface area contributed by atoms with E-state index in [1.54, 1.807) is 13.2 Å². The van der Waals surface area contributed by atoms with Crippen LogP contribution in [0.5, 0.6) is 0 Å². The van der Waals surface area contributed by atoms with Crippen LogP contribution in [0.15, 0.2) is 29.5 Å². The van der Waals surface area contributed by atoms with E-state index in [2.05, 4.69) is 15.0 Å². The van der Waals surface area contributed by atoms with Gasteiger partial charge < -0.3 is 14.7 Å². The molecule has 9 nitrogen and oxygen atoms in total. The van der Waals surface area contributed by atoms with Gasteiger partial charge in [-0.3, -0.25) is 14.4 Å². The summed E-state index contributed by atoms with van der Waals surface area (Å²) in [5.41, 5.74) is 0.467. The summed E-state index contributed by atoms with van der Waals surface area (Å²) in [4.78, 5) is 47.7. The second kappa shape index (κ2) is 10.1. The third-order valence-electron chi connectivity index (χ3n) is 6.63. The molecule has 9 heteroatoms. The number of carbonyl (C=O) groups excluding carboxylic acids is 3. The van der Waals surface area contributed by atoms with E-state index in [1.807, 2.05) is 28.0 Å². The molecule has 0 aromatic carbocycles. The molecule has 3 amide bonds. The molecule has 0 bridgehead atoms. The Morgan fingerprint density at radius 1 is 1.06 bits per heavy atom. The molecule has 0 aliphatic carbocycles. The number of pyridine rings is 1.